The summed E-state index contributed by atoms with van der Waals surface area (Å²) in [5.41, 5.74) is 0. The van der Waals surface area contributed by atoms with Gasteiger partial charge in [-0.25, -0.2) is 0 Å². The fourth-order valence-corrected chi connectivity index (χ4v) is 0.999. The van der Waals surface area contributed by atoms with Crippen molar-refractivity contribution in [1.29, 1.82) is 0 Å². The number of aliphatic hydroxyl groups excluding tert-OH is 1. The predicted octanol–water partition coefficient (Wildman–Crippen LogP) is 0.167. The summed E-state index contributed by atoms with van der Waals surface area (Å²) in [4.78, 5) is 15.1. The molecule has 1 N–H and O–H groups in total. The molecule has 0 fully saturated rings. The molecule has 0 saturated carbocycles. The molecule has 1 unspecified atom stereocenters. The molecule has 0 spiro atoms. The van der Waals surface area contributed by atoms with Crippen LogP contribution in [0.1, 0.15) is 20.3 Å². The van der Waals surface area contributed by atoms with Crippen molar-refractivity contribution >= 4 is 5.91 Å². The molecular weight excluding hydrogens is 180 g/mol. The summed E-state index contributed by atoms with van der Waals surface area (Å²) >= 11 is 0. The van der Waals surface area contributed by atoms with Crippen molar-refractivity contribution in [1.82, 2.24) is 9.80 Å². The molecule has 0 aliphatic rings. The van der Waals surface area contributed by atoms with Gasteiger partial charge in [-0.15, -0.1) is 0 Å². The summed E-state index contributed by atoms with van der Waals surface area (Å²) in [5, 5.41) is 8.89. The van der Waals surface area contributed by atoms with E-state index >= 15 is 0 Å². The Balaban J connectivity index is 3.77. The first kappa shape index (κ1) is 13.4. The Labute approximate surface area is 86.5 Å². The molecule has 0 aromatic heterocycles. The molecule has 4 nitrogen and oxygen atoms in total. The van der Waals surface area contributed by atoms with Gasteiger partial charge < -0.3 is 14.9 Å². The largest absolute Gasteiger partial charge is 0.395 e. The first-order valence-electron chi connectivity index (χ1n) is 5.08. The summed E-state index contributed by atoms with van der Waals surface area (Å²) in [7, 11) is 3.72. The van der Waals surface area contributed by atoms with E-state index in [1.165, 1.54) is 0 Å². The molecule has 0 aromatic rings. The van der Waals surface area contributed by atoms with Crippen molar-refractivity contribution in [3.05, 3.63) is 0 Å². The van der Waals surface area contributed by atoms with Gasteiger partial charge in [0.25, 0.3) is 0 Å². The van der Waals surface area contributed by atoms with E-state index < -0.39 is 0 Å². The second-order valence-corrected chi connectivity index (χ2v) is 3.67. The molecule has 0 heterocycles. The molecule has 1 atom stereocenters. The maximum atomic E-state index is 11.4. The monoisotopic (exact) mass is 202 g/mol. The topological polar surface area (TPSA) is 43.8 Å². The normalized spacial score (nSPS) is 13.0. The van der Waals surface area contributed by atoms with E-state index in [1.54, 1.807) is 11.9 Å². The molecule has 4 heteroatoms. The maximum Gasteiger partial charge on any atom is 0.223 e. The Kier molecular flexibility index (Phi) is 6.49. The third-order valence-electron chi connectivity index (χ3n) is 2.60. The van der Waals surface area contributed by atoms with Gasteiger partial charge in [0.2, 0.25) is 5.91 Å². The molecule has 0 rings (SSSR count). The van der Waals surface area contributed by atoms with Gasteiger partial charge in [0.1, 0.15) is 0 Å². The lowest BCUT2D eigenvalue weighted by Crippen LogP contribution is -2.36. The fraction of sp³-hybridized carbons (Fsp3) is 0.900. The zero-order valence-corrected chi connectivity index (χ0v) is 9.66. The molecule has 1 amide bonds. The van der Waals surface area contributed by atoms with E-state index in [0.29, 0.717) is 13.0 Å². The number of nitrogens with zero attached hydrogens (tertiary/aromatic N) is 2. The number of amides is 1. The molecule has 0 aliphatic heterocycles. The Morgan fingerprint density at radius 1 is 1.43 bits per heavy atom. The molecule has 0 bridgehead atoms. The molecule has 0 radical (unpaired) electrons. The van der Waals surface area contributed by atoms with Crippen molar-refractivity contribution in [2.24, 2.45) is 0 Å². The quantitative estimate of drug-likeness (QED) is 0.667. The van der Waals surface area contributed by atoms with Crippen LogP contribution in [0.15, 0.2) is 0 Å². The highest BCUT2D eigenvalue weighted by molar-refractivity contribution is 5.75. The number of hydrogen-bond donors (Lipinski definition) is 1. The molecule has 0 aliphatic carbocycles. The summed E-state index contributed by atoms with van der Waals surface area (Å²) in [6.07, 6.45) is 0.519. The molecule has 0 aromatic carbocycles. The molecule has 84 valence electrons. The van der Waals surface area contributed by atoms with Gasteiger partial charge in [-0.2, -0.15) is 0 Å². The van der Waals surface area contributed by atoms with E-state index in [9.17, 15) is 4.79 Å². The highest BCUT2D eigenvalue weighted by Crippen LogP contribution is 1.98. The number of carbonyl (C=O) groups is 1. The van der Waals surface area contributed by atoms with Gasteiger partial charge in [-0.1, -0.05) is 0 Å². The van der Waals surface area contributed by atoms with E-state index in [2.05, 4.69) is 0 Å². The van der Waals surface area contributed by atoms with Crippen LogP contribution in [0.5, 0.6) is 0 Å². The van der Waals surface area contributed by atoms with Gasteiger partial charge in [-0.05, 0) is 20.9 Å². The second kappa shape index (κ2) is 6.79. The highest BCUT2D eigenvalue weighted by Gasteiger charge is 2.11. The zero-order chi connectivity index (χ0) is 11.1. The second-order valence-electron chi connectivity index (χ2n) is 3.67. The number of aliphatic hydroxyl groups is 1. The van der Waals surface area contributed by atoms with Crippen LogP contribution >= 0.6 is 0 Å². The van der Waals surface area contributed by atoms with Crippen molar-refractivity contribution in [2.45, 2.75) is 26.3 Å². The highest BCUT2D eigenvalue weighted by atomic mass is 16.3. The smallest absolute Gasteiger partial charge is 0.223 e. The Bertz CT molecular complexity index is 174. The standard InChI is InChI=1S/C10H22N2O2/c1-5-11(3)10(14)6-7-12(4)9(2)8-13/h9,13H,5-8H2,1-4H3. The maximum absolute atomic E-state index is 11.4. The van der Waals surface area contributed by atoms with Crippen molar-refractivity contribution in [3.63, 3.8) is 0 Å². The van der Waals surface area contributed by atoms with Crippen LogP contribution in [-0.2, 0) is 4.79 Å². The Morgan fingerprint density at radius 2 is 2.00 bits per heavy atom. The lowest BCUT2D eigenvalue weighted by molar-refractivity contribution is -0.130. The minimum absolute atomic E-state index is 0.120. The molecule has 0 saturated heterocycles. The van der Waals surface area contributed by atoms with Crippen molar-refractivity contribution < 1.29 is 9.90 Å². The summed E-state index contributed by atoms with van der Waals surface area (Å²) in [6, 6.07) is 0.120. The Hall–Kier alpha value is -0.610. The van der Waals surface area contributed by atoms with Crippen LogP contribution in [-0.4, -0.2) is 60.6 Å². The summed E-state index contributed by atoms with van der Waals surface area (Å²) in [5.74, 6) is 0.157. The molecule has 14 heavy (non-hydrogen) atoms. The molecular formula is C10H22N2O2. The number of hydrogen-bond acceptors (Lipinski definition) is 3. The average Bonchev–Trinajstić information content (AvgIpc) is 2.22. The average molecular weight is 202 g/mol. The summed E-state index contributed by atoms with van der Waals surface area (Å²) in [6.45, 7) is 5.48. The van der Waals surface area contributed by atoms with Crippen LogP contribution < -0.4 is 0 Å². The fourth-order valence-electron chi connectivity index (χ4n) is 0.999. The minimum Gasteiger partial charge on any atom is -0.395 e. The van der Waals surface area contributed by atoms with Crippen molar-refractivity contribution in [2.75, 3.05) is 33.8 Å². The third-order valence-corrected chi connectivity index (χ3v) is 2.60. The first-order chi connectivity index (χ1) is 6.52. The van der Waals surface area contributed by atoms with Gasteiger partial charge in [0.05, 0.1) is 6.61 Å². The predicted molar refractivity (Wildman–Crippen MR) is 57.1 cm³/mol. The van der Waals surface area contributed by atoms with Gasteiger partial charge in [0.15, 0.2) is 0 Å². The van der Waals surface area contributed by atoms with E-state index in [0.717, 1.165) is 6.54 Å². The van der Waals surface area contributed by atoms with Crippen LogP contribution in [0.3, 0.4) is 0 Å². The zero-order valence-electron chi connectivity index (χ0n) is 9.66. The van der Waals surface area contributed by atoms with Gasteiger partial charge in [-0.3, -0.25) is 4.79 Å². The lowest BCUT2D eigenvalue weighted by atomic mass is 10.3. The minimum atomic E-state index is 0.120. The Morgan fingerprint density at radius 3 is 2.43 bits per heavy atom. The third kappa shape index (κ3) is 4.58. The lowest BCUT2D eigenvalue weighted by Gasteiger charge is -2.23. The number of likely N-dealkylation sites (N-methyl/N-ethyl adjacent to an activating group) is 1. The van der Waals surface area contributed by atoms with E-state index in [4.69, 9.17) is 5.11 Å². The van der Waals surface area contributed by atoms with Crippen LogP contribution in [0.4, 0.5) is 0 Å². The van der Waals surface area contributed by atoms with Gasteiger partial charge >= 0.3 is 0 Å². The van der Waals surface area contributed by atoms with Gasteiger partial charge in [0, 0.05) is 32.6 Å². The van der Waals surface area contributed by atoms with Crippen LogP contribution in [0, 0.1) is 0 Å². The SMILES string of the molecule is CCN(C)C(=O)CCN(C)C(C)CO. The van der Waals surface area contributed by atoms with E-state index in [1.807, 2.05) is 25.8 Å². The number of rotatable bonds is 6. The van der Waals surface area contributed by atoms with Crippen LogP contribution in [0.2, 0.25) is 0 Å². The van der Waals surface area contributed by atoms with E-state index in [-0.39, 0.29) is 18.6 Å². The first-order valence-corrected chi connectivity index (χ1v) is 5.08. The van der Waals surface area contributed by atoms with Crippen LogP contribution in [0.25, 0.3) is 0 Å². The van der Waals surface area contributed by atoms with Crippen molar-refractivity contribution in [3.8, 4) is 0 Å². The summed E-state index contributed by atoms with van der Waals surface area (Å²) < 4.78 is 0. The number of carbonyl (C=O) groups excluding carboxylic acids is 1.